The normalized spacial score (nSPS) is 24.3. The van der Waals surface area contributed by atoms with Crippen LogP contribution in [0.5, 0.6) is 0 Å². The van der Waals surface area contributed by atoms with E-state index >= 15 is 0 Å². The molecule has 1 aromatic rings. The van der Waals surface area contributed by atoms with Crippen molar-refractivity contribution < 1.29 is 4.79 Å². The van der Waals surface area contributed by atoms with Gasteiger partial charge in [0, 0.05) is 18.2 Å². The van der Waals surface area contributed by atoms with Gasteiger partial charge in [0.1, 0.15) is 0 Å². The van der Waals surface area contributed by atoms with E-state index in [1.165, 1.54) is 70.0 Å². The summed E-state index contributed by atoms with van der Waals surface area (Å²) in [4.78, 5) is 15.1. The minimum Gasteiger partial charge on any atom is -0.326 e. The van der Waals surface area contributed by atoms with Crippen LogP contribution in [-0.2, 0) is 11.3 Å². The molecule has 2 aliphatic rings. The number of nitrogens with one attached hydrogen (secondary N) is 1. The highest BCUT2D eigenvalue weighted by Crippen LogP contribution is 2.32. The minimum absolute atomic E-state index is 0.209. The Kier molecular flexibility index (Phi) is 7.55. The van der Waals surface area contributed by atoms with Crippen LogP contribution in [-0.4, -0.2) is 23.9 Å². The molecular formula is C23H36N2O. The summed E-state index contributed by atoms with van der Waals surface area (Å²) in [5.74, 6) is 1.29. The van der Waals surface area contributed by atoms with Gasteiger partial charge < -0.3 is 5.32 Å². The second-order valence-electron chi connectivity index (χ2n) is 8.38. The molecule has 3 nitrogen and oxygen atoms in total. The summed E-state index contributed by atoms with van der Waals surface area (Å²) in [7, 11) is 0. The Morgan fingerprint density at radius 3 is 2.38 bits per heavy atom. The Balaban J connectivity index is 1.43. The molecule has 1 aliphatic heterocycles. The molecule has 144 valence electrons. The number of unbranched alkanes of at least 4 members (excludes halogenated alkanes) is 1. The van der Waals surface area contributed by atoms with Crippen LogP contribution in [0.4, 0.5) is 5.69 Å². The molecule has 1 saturated heterocycles. The van der Waals surface area contributed by atoms with E-state index in [4.69, 9.17) is 0 Å². The number of rotatable bonds is 7. The van der Waals surface area contributed by atoms with Gasteiger partial charge in [0.15, 0.2) is 0 Å². The van der Waals surface area contributed by atoms with Crippen molar-refractivity contribution in [3.8, 4) is 0 Å². The number of anilines is 1. The number of hydrogen-bond donors (Lipinski definition) is 1. The summed E-state index contributed by atoms with van der Waals surface area (Å²) in [6.07, 6.45) is 12.6. The summed E-state index contributed by atoms with van der Waals surface area (Å²) >= 11 is 0. The van der Waals surface area contributed by atoms with Crippen molar-refractivity contribution >= 4 is 11.6 Å². The number of piperidine rings is 1. The maximum atomic E-state index is 12.6. The van der Waals surface area contributed by atoms with E-state index in [1.54, 1.807) is 0 Å². The average molecular weight is 357 g/mol. The van der Waals surface area contributed by atoms with Gasteiger partial charge in [-0.3, -0.25) is 9.69 Å². The SMILES string of the molecule is CCCCC1CCC(C(=O)Nc2ccc(CN3CCCCC3)cc2)CC1. The molecule has 0 aromatic heterocycles. The first-order chi connectivity index (χ1) is 12.7. The molecule has 0 atom stereocenters. The average Bonchev–Trinajstić information content (AvgIpc) is 2.69. The van der Waals surface area contributed by atoms with Gasteiger partial charge in [0.05, 0.1) is 0 Å². The Hall–Kier alpha value is -1.35. The number of benzene rings is 1. The van der Waals surface area contributed by atoms with Crippen LogP contribution in [0.25, 0.3) is 0 Å². The largest absolute Gasteiger partial charge is 0.326 e. The fourth-order valence-electron chi connectivity index (χ4n) is 4.52. The van der Waals surface area contributed by atoms with E-state index in [0.717, 1.165) is 31.0 Å². The predicted molar refractivity (Wildman–Crippen MR) is 109 cm³/mol. The van der Waals surface area contributed by atoms with Crippen LogP contribution >= 0.6 is 0 Å². The number of carbonyl (C=O) groups is 1. The van der Waals surface area contributed by atoms with Crippen LogP contribution in [0, 0.1) is 11.8 Å². The molecule has 1 amide bonds. The first-order valence-corrected chi connectivity index (χ1v) is 10.9. The van der Waals surface area contributed by atoms with Crippen molar-refractivity contribution in [2.45, 2.75) is 77.7 Å². The van der Waals surface area contributed by atoms with Gasteiger partial charge in [-0.25, -0.2) is 0 Å². The highest BCUT2D eigenvalue weighted by molar-refractivity contribution is 5.92. The van der Waals surface area contributed by atoms with Crippen molar-refractivity contribution in [2.75, 3.05) is 18.4 Å². The number of nitrogens with zero attached hydrogens (tertiary/aromatic N) is 1. The number of likely N-dealkylation sites (tertiary alicyclic amines) is 1. The molecule has 2 fully saturated rings. The van der Waals surface area contributed by atoms with Crippen LogP contribution in [0.1, 0.15) is 76.7 Å². The lowest BCUT2D eigenvalue weighted by Crippen LogP contribution is -2.29. The van der Waals surface area contributed by atoms with E-state index in [9.17, 15) is 4.79 Å². The molecule has 0 bridgehead atoms. The molecule has 1 aromatic carbocycles. The summed E-state index contributed by atoms with van der Waals surface area (Å²) in [6.45, 7) is 5.74. The van der Waals surface area contributed by atoms with E-state index < -0.39 is 0 Å². The lowest BCUT2D eigenvalue weighted by molar-refractivity contribution is -0.121. The molecule has 1 saturated carbocycles. The fraction of sp³-hybridized carbons (Fsp3) is 0.696. The predicted octanol–water partition coefficient (Wildman–Crippen LogP) is 5.61. The highest BCUT2D eigenvalue weighted by Gasteiger charge is 2.26. The van der Waals surface area contributed by atoms with Crippen LogP contribution in [0.3, 0.4) is 0 Å². The Morgan fingerprint density at radius 1 is 1.04 bits per heavy atom. The molecule has 26 heavy (non-hydrogen) atoms. The van der Waals surface area contributed by atoms with Crippen molar-refractivity contribution in [1.29, 1.82) is 0 Å². The zero-order valence-electron chi connectivity index (χ0n) is 16.5. The van der Waals surface area contributed by atoms with E-state index in [1.807, 2.05) is 0 Å². The summed E-state index contributed by atoms with van der Waals surface area (Å²) in [6, 6.07) is 8.49. The maximum absolute atomic E-state index is 12.6. The lowest BCUT2D eigenvalue weighted by atomic mass is 9.79. The van der Waals surface area contributed by atoms with E-state index in [-0.39, 0.29) is 11.8 Å². The topological polar surface area (TPSA) is 32.3 Å². The van der Waals surface area contributed by atoms with E-state index in [2.05, 4.69) is 41.4 Å². The van der Waals surface area contributed by atoms with Crippen LogP contribution in [0.2, 0.25) is 0 Å². The third kappa shape index (κ3) is 5.84. The fourth-order valence-corrected chi connectivity index (χ4v) is 4.52. The third-order valence-electron chi connectivity index (χ3n) is 6.26. The molecule has 0 radical (unpaired) electrons. The molecular weight excluding hydrogens is 320 g/mol. The van der Waals surface area contributed by atoms with Crippen LogP contribution < -0.4 is 5.32 Å². The summed E-state index contributed by atoms with van der Waals surface area (Å²) < 4.78 is 0. The van der Waals surface area contributed by atoms with Crippen molar-refractivity contribution in [2.24, 2.45) is 11.8 Å². The lowest BCUT2D eigenvalue weighted by Gasteiger charge is -2.28. The highest BCUT2D eigenvalue weighted by atomic mass is 16.1. The number of carbonyl (C=O) groups excluding carboxylic acids is 1. The van der Waals surface area contributed by atoms with Gasteiger partial charge in [-0.05, 0) is 75.2 Å². The Labute approximate surface area is 159 Å². The third-order valence-corrected chi connectivity index (χ3v) is 6.26. The van der Waals surface area contributed by atoms with Crippen molar-refractivity contribution in [1.82, 2.24) is 4.90 Å². The second-order valence-corrected chi connectivity index (χ2v) is 8.38. The molecule has 3 rings (SSSR count). The van der Waals surface area contributed by atoms with Gasteiger partial charge in [0.25, 0.3) is 0 Å². The molecule has 1 aliphatic carbocycles. The molecule has 0 spiro atoms. The second kappa shape index (κ2) is 10.1. The zero-order chi connectivity index (χ0) is 18.2. The van der Waals surface area contributed by atoms with Gasteiger partial charge in [-0.2, -0.15) is 0 Å². The smallest absolute Gasteiger partial charge is 0.227 e. The number of amides is 1. The molecule has 3 heteroatoms. The van der Waals surface area contributed by atoms with Gasteiger partial charge in [-0.1, -0.05) is 44.7 Å². The molecule has 1 N–H and O–H groups in total. The summed E-state index contributed by atoms with van der Waals surface area (Å²) in [5, 5.41) is 3.15. The van der Waals surface area contributed by atoms with Crippen molar-refractivity contribution in [3.63, 3.8) is 0 Å². The monoisotopic (exact) mass is 356 g/mol. The van der Waals surface area contributed by atoms with Crippen molar-refractivity contribution in [3.05, 3.63) is 29.8 Å². The van der Waals surface area contributed by atoms with Gasteiger partial charge in [-0.15, -0.1) is 0 Å². The molecule has 0 unspecified atom stereocenters. The van der Waals surface area contributed by atoms with Gasteiger partial charge in [0.2, 0.25) is 5.91 Å². The number of hydrogen-bond acceptors (Lipinski definition) is 2. The zero-order valence-corrected chi connectivity index (χ0v) is 16.5. The minimum atomic E-state index is 0.209. The van der Waals surface area contributed by atoms with Gasteiger partial charge >= 0.3 is 0 Å². The Bertz CT molecular complexity index is 540. The quantitative estimate of drug-likeness (QED) is 0.689. The Morgan fingerprint density at radius 2 is 1.73 bits per heavy atom. The summed E-state index contributed by atoms with van der Waals surface area (Å²) in [5.41, 5.74) is 2.30. The van der Waals surface area contributed by atoms with E-state index in [0.29, 0.717) is 0 Å². The first kappa shape index (κ1) is 19.4. The van der Waals surface area contributed by atoms with Crippen LogP contribution in [0.15, 0.2) is 24.3 Å². The standard InChI is InChI=1S/C23H36N2O/c1-2-3-7-19-8-12-21(13-9-19)23(26)24-22-14-10-20(11-15-22)18-25-16-5-4-6-17-25/h10-11,14-15,19,21H,2-9,12-13,16-18H2,1H3,(H,24,26). The first-order valence-electron chi connectivity index (χ1n) is 10.9. The molecule has 1 heterocycles. The maximum Gasteiger partial charge on any atom is 0.227 e.